The number of carboxylic acids is 1. The summed E-state index contributed by atoms with van der Waals surface area (Å²) in [6.07, 6.45) is 0.514. The predicted molar refractivity (Wildman–Crippen MR) is 81.0 cm³/mol. The van der Waals surface area contributed by atoms with E-state index in [0.29, 0.717) is 13.0 Å². The third kappa shape index (κ3) is 4.28. The van der Waals surface area contributed by atoms with Gasteiger partial charge in [0, 0.05) is 12.6 Å². The van der Waals surface area contributed by atoms with Gasteiger partial charge in [0.15, 0.2) is 9.84 Å². The average Bonchev–Trinajstić information content (AvgIpc) is 2.73. The second-order valence-corrected chi connectivity index (χ2v) is 8.00. The highest BCUT2D eigenvalue weighted by molar-refractivity contribution is 7.91. The summed E-state index contributed by atoms with van der Waals surface area (Å²) in [6, 6.07) is 5.82. The third-order valence-electron chi connectivity index (χ3n) is 4.02. The molecule has 1 N–H and O–H groups in total. The highest BCUT2D eigenvalue weighted by Crippen LogP contribution is 2.20. The second kappa shape index (κ2) is 6.15. The minimum atomic E-state index is -3.02. The van der Waals surface area contributed by atoms with Gasteiger partial charge in [-0.1, -0.05) is 18.2 Å². The highest BCUT2D eigenvalue weighted by Gasteiger charge is 2.33. The molecule has 1 unspecified atom stereocenters. The molecule has 116 valence electrons. The molecule has 21 heavy (non-hydrogen) atoms. The predicted octanol–water partition coefficient (Wildman–Crippen LogP) is 1.38. The molecule has 1 aliphatic rings. The number of hydrogen-bond acceptors (Lipinski definition) is 4. The fourth-order valence-corrected chi connectivity index (χ4v) is 4.45. The molecule has 2 rings (SSSR count). The van der Waals surface area contributed by atoms with Gasteiger partial charge in [0.05, 0.1) is 18.1 Å². The average molecular weight is 311 g/mol. The van der Waals surface area contributed by atoms with Gasteiger partial charge in [-0.05, 0) is 37.0 Å². The molecule has 1 aliphatic heterocycles. The van der Waals surface area contributed by atoms with Crippen LogP contribution in [0.1, 0.15) is 23.1 Å². The maximum Gasteiger partial charge on any atom is 0.317 e. The van der Waals surface area contributed by atoms with Crippen LogP contribution in [0.3, 0.4) is 0 Å². The smallest absolute Gasteiger partial charge is 0.317 e. The number of benzene rings is 1. The Hall–Kier alpha value is -1.40. The zero-order valence-corrected chi connectivity index (χ0v) is 13.2. The lowest BCUT2D eigenvalue weighted by Crippen LogP contribution is -2.39. The second-order valence-electron chi connectivity index (χ2n) is 5.77. The van der Waals surface area contributed by atoms with Crippen molar-refractivity contribution in [2.24, 2.45) is 0 Å². The van der Waals surface area contributed by atoms with Gasteiger partial charge in [0.1, 0.15) is 0 Å². The van der Waals surface area contributed by atoms with Crippen molar-refractivity contribution in [2.75, 3.05) is 18.1 Å². The Morgan fingerprint density at radius 2 is 2.05 bits per heavy atom. The molecule has 5 nitrogen and oxygen atoms in total. The van der Waals surface area contributed by atoms with E-state index in [1.165, 1.54) is 5.56 Å². The van der Waals surface area contributed by atoms with Crippen molar-refractivity contribution < 1.29 is 18.3 Å². The number of carboxylic acid groups (broad SMARTS) is 1. The van der Waals surface area contributed by atoms with Crippen LogP contribution in [0.15, 0.2) is 18.2 Å². The summed E-state index contributed by atoms with van der Waals surface area (Å²) in [5.41, 5.74) is 3.36. The molecule has 1 saturated heterocycles. The Balaban J connectivity index is 2.16. The van der Waals surface area contributed by atoms with E-state index in [0.717, 1.165) is 11.1 Å². The maximum absolute atomic E-state index is 11.6. The third-order valence-corrected chi connectivity index (χ3v) is 5.77. The number of rotatable bonds is 5. The zero-order chi connectivity index (χ0) is 15.6. The van der Waals surface area contributed by atoms with Gasteiger partial charge in [-0.25, -0.2) is 8.42 Å². The first-order chi connectivity index (χ1) is 9.77. The molecule has 1 heterocycles. The summed E-state index contributed by atoms with van der Waals surface area (Å²) >= 11 is 0. The minimum absolute atomic E-state index is 0.0606. The van der Waals surface area contributed by atoms with E-state index in [2.05, 4.69) is 0 Å². The van der Waals surface area contributed by atoms with Gasteiger partial charge in [0.2, 0.25) is 0 Å². The van der Waals surface area contributed by atoms with E-state index < -0.39 is 15.8 Å². The number of aliphatic carboxylic acids is 1. The van der Waals surface area contributed by atoms with E-state index in [-0.39, 0.29) is 24.1 Å². The largest absolute Gasteiger partial charge is 0.480 e. The van der Waals surface area contributed by atoms with Crippen molar-refractivity contribution in [1.82, 2.24) is 4.90 Å². The first-order valence-corrected chi connectivity index (χ1v) is 8.81. The molecule has 6 heteroatoms. The fraction of sp³-hybridized carbons (Fsp3) is 0.533. The standard InChI is InChI=1S/C15H21NO4S/c1-11-3-4-13(7-12(11)2)8-16(9-15(17)18)14-5-6-21(19,20)10-14/h3-4,7,14H,5-6,8-10H2,1-2H3,(H,17,18). The van der Waals surface area contributed by atoms with Crippen molar-refractivity contribution in [3.8, 4) is 0 Å². The zero-order valence-electron chi connectivity index (χ0n) is 12.4. The number of hydrogen-bond donors (Lipinski definition) is 1. The Bertz CT molecular complexity index is 639. The number of sulfone groups is 1. The number of carbonyl (C=O) groups is 1. The highest BCUT2D eigenvalue weighted by atomic mass is 32.2. The van der Waals surface area contributed by atoms with Crippen LogP contribution in [0.25, 0.3) is 0 Å². The monoisotopic (exact) mass is 311 g/mol. The van der Waals surface area contributed by atoms with Crippen LogP contribution in [-0.4, -0.2) is 48.5 Å². The number of aryl methyl sites for hydroxylation is 2. The van der Waals surface area contributed by atoms with Gasteiger partial charge in [-0.2, -0.15) is 0 Å². The van der Waals surface area contributed by atoms with Crippen molar-refractivity contribution in [3.63, 3.8) is 0 Å². The normalized spacial score (nSPS) is 20.8. The van der Waals surface area contributed by atoms with Gasteiger partial charge < -0.3 is 5.11 Å². The fourth-order valence-electron chi connectivity index (χ4n) is 2.69. The molecule has 0 aliphatic carbocycles. The summed E-state index contributed by atoms with van der Waals surface area (Å²) in [7, 11) is -3.02. The summed E-state index contributed by atoms with van der Waals surface area (Å²) in [4.78, 5) is 12.8. The van der Waals surface area contributed by atoms with Crippen molar-refractivity contribution in [1.29, 1.82) is 0 Å². The van der Waals surface area contributed by atoms with Crippen LogP contribution in [0.2, 0.25) is 0 Å². The molecule has 1 atom stereocenters. The van der Waals surface area contributed by atoms with Crippen molar-refractivity contribution in [2.45, 2.75) is 32.9 Å². The first-order valence-electron chi connectivity index (χ1n) is 6.99. The van der Waals surface area contributed by atoms with Crippen LogP contribution < -0.4 is 0 Å². The molecule has 0 aromatic heterocycles. The lowest BCUT2D eigenvalue weighted by atomic mass is 10.1. The lowest BCUT2D eigenvalue weighted by molar-refractivity contribution is -0.139. The van der Waals surface area contributed by atoms with Crippen molar-refractivity contribution >= 4 is 15.8 Å². The Morgan fingerprint density at radius 1 is 1.33 bits per heavy atom. The van der Waals surface area contributed by atoms with E-state index in [9.17, 15) is 13.2 Å². The van der Waals surface area contributed by atoms with E-state index in [1.54, 1.807) is 4.90 Å². The molecular weight excluding hydrogens is 290 g/mol. The quantitative estimate of drug-likeness (QED) is 0.889. The van der Waals surface area contributed by atoms with Crippen molar-refractivity contribution in [3.05, 3.63) is 34.9 Å². The molecule has 1 aromatic carbocycles. The van der Waals surface area contributed by atoms with Crippen LogP contribution in [0.5, 0.6) is 0 Å². The molecule has 1 aromatic rings. The van der Waals surface area contributed by atoms with Crippen LogP contribution in [-0.2, 0) is 21.2 Å². The lowest BCUT2D eigenvalue weighted by Gasteiger charge is -2.26. The molecule has 0 spiro atoms. The topological polar surface area (TPSA) is 74.7 Å². The molecule has 0 bridgehead atoms. The number of nitrogens with zero attached hydrogens (tertiary/aromatic N) is 1. The SMILES string of the molecule is Cc1ccc(CN(CC(=O)O)C2CCS(=O)(=O)C2)cc1C. The Labute approximate surface area is 125 Å². The maximum atomic E-state index is 11.6. The van der Waals surface area contributed by atoms with Crippen LogP contribution in [0, 0.1) is 13.8 Å². The molecule has 0 saturated carbocycles. The molecule has 0 amide bonds. The summed E-state index contributed by atoms with van der Waals surface area (Å²) < 4.78 is 23.2. The van der Waals surface area contributed by atoms with E-state index >= 15 is 0 Å². The van der Waals surface area contributed by atoms with E-state index in [4.69, 9.17) is 5.11 Å². The Kier molecular flexibility index (Phi) is 4.68. The van der Waals surface area contributed by atoms with E-state index in [1.807, 2.05) is 32.0 Å². The minimum Gasteiger partial charge on any atom is -0.480 e. The molecule has 1 fully saturated rings. The Morgan fingerprint density at radius 3 is 2.57 bits per heavy atom. The van der Waals surface area contributed by atoms with Gasteiger partial charge >= 0.3 is 5.97 Å². The van der Waals surface area contributed by atoms with Gasteiger partial charge in [-0.15, -0.1) is 0 Å². The van der Waals surface area contributed by atoms with Gasteiger partial charge in [0.25, 0.3) is 0 Å². The first kappa shape index (κ1) is 16.0. The van der Waals surface area contributed by atoms with Gasteiger partial charge in [-0.3, -0.25) is 9.69 Å². The van der Waals surface area contributed by atoms with Crippen LogP contribution >= 0.6 is 0 Å². The summed E-state index contributed by atoms with van der Waals surface area (Å²) in [5, 5.41) is 9.06. The van der Waals surface area contributed by atoms with Crippen LogP contribution in [0.4, 0.5) is 0 Å². The summed E-state index contributed by atoms with van der Waals surface area (Å²) in [5.74, 6) is -0.714. The summed E-state index contributed by atoms with van der Waals surface area (Å²) in [6.45, 7) is 4.37. The molecule has 0 radical (unpaired) electrons. The molecular formula is C15H21NO4S.